The second-order valence-corrected chi connectivity index (χ2v) is 7.49. The normalized spacial score (nSPS) is 17.6. The van der Waals surface area contributed by atoms with Crippen LogP contribution in [-0.4, -0.2) is 65.6 Å². The highest BCUT2D eigenvalue weighted by Gasteiger charge is 2.13. The largest absolute Gasteiger partial charge is 0.379 e. The predicted octanol–water partition coefficient (Wildman–Crippen LogP) is 1.17. The van der Waals surface area contributed by atoms with E-state index in [1.807, 2.05) is 6.92 Å². The first kappa shape index (κ1) is 16.7. The zero-order chi connectivity index (χ0) is 15.1. The quantitative estimate of drug-likeness (QED) is 0.757. The number of nitrogens with zero attached hydrogens (tertiary/aromatic N) is 3. The third-order valence-corrected chi connectivity index (χ3v) is 5.20. The molecule has 0 spiro atoms. The number of morpholine rings is 1. The van der Waals surface area contributed by atoms with Gasteiger partial charge in [-0.2, -0.15) is 0 Å². The molecule has 118 valence electrons. The topological polar surface area (TPSA) is 67.4 Å². The number of aryl methyl sites for hydroxylation is 1. The van der Waals surface area contributed by atoms with Crippen LogP contribution in [0.2, 0.25) is 0 Å². The molecule has 1 N–H and O–H groups in total. The summed E-state index contributed by atoms with van der Waals surface area (Å²) in [6.45, 7) is 8.60. The maximum absolute atomic E-state index is 11.9. The van der Waals surface area contributed by atoms with Crippen LogP contribution in [0.15, 0.2) is 4.34 Å². The minimum Gasteiger partial charge on any atom is -0.379 e. The van der Waals surface area contributed by atoms with E-state index in [0.717, 1.165) is 48.6 Å². The molecule has 0 aromatic carbocycles. The Labute approximate surface area is 133 Å². The molecule has 8 heteroatoms. The number of hydrogen-bond acceptors (Lipinski definition) is 7. The third-order valence-electron chi connectivity index (χ3n) is 3.22. The van der Waals surface area contributed by atoms with Crippen LogP contribution in [0.25, 0.3) is 0 Å². The molecule has 0 radical (unpaired) electrons. The molecule has 1 amide bonds. The Morgan fingerprint density at radius 2 is 2.24 bits per heavy atom. The van der Waals surface area contributed by atoms with Crippen molar-refractivity contribution >= 4 is 29.0 Å². The van der Waals surface area contributed by atoms with Gasteiger partial charge in [-0.1, -0.05) is 23.1 Å². The molecular weight excluding hydrogens is 308 g/mol. The Bertz CT molecular complexity index is 449. The number of thioether (sulfide) groups is 1. The Morgan fingerprint density at radius 3 is 2.90 bits per heavy atom. The van der Waals surface area contributed by atoms with Crippen LogP contribution in [0.3, 0.4) is 0 Å². The summed E-state index contributed by atoms with van der Waals surface area (Å²) in [6.07, 6.45) is 0.967. The van der Waals surface area contributed by atoms with E-state index in [2.05, 4.69) is 27.3 Å². The van der Waals surface area contributed by atoms with Crippen molar-refractivity contribution < 1.29 is 9.53 Å². The summed E-state index contributed by atoms with van der Waals surface area (Å²) in [4.78, 5) is 14.3. The van der Waals surface area contributed by atoms with Gasteiger partial charge in [0.15, 0.2) is 4.34 Å². The summed E-state index contributed by atoms with van der Waals surface area (Å²) in [5.74, 6) is 0.457. The molecule has 2 rings (SSSR count). The number of carbonyl (C=O) groups excluding carboxylic acids is 1. The van der Waals surface area contributed by atoms with Gasteiger partial charge in [0.05, 0.1) is 19.0 Å². The van der Waals surface area contributed by atoms with Gasteiger partial charge in [-0.25, -0.2) is 0 Å². The van der Waals surface area contributed by atoms with Gasteiger partial charge in [-0.05, 0) is 20.3 Å². The molecule has 1 atom stereocenters. The predicted molar refractivity (Wildman–Crippen MR) is 84.9 cm³/mol. The summed E-state index contributed by atoms with van der Waals surface area (Å²) < 4.78 is 6.17. The lowest BCUT2D eigenvalue weighted by atomic mass is 10.2. The van der Waals surface area contributed by atoms with Crippen LogP contribution in [0.1, 0.15) is 18.4 Å². The Kier molecular flexibility index (Phi) is 6.88. The van der Waals surface area contributed by atoms with Gasteiger partial charge in [0, 0.05) is 25.7 Å². The van der Waals surface area contributed by atoms with Gasteiger partial charge < -0.3 is 10.1 Å². The Hall–Kier alpha value is -0.700. The van der Waals surface area contributed by atoms with Crippen LogP contribution in [0.5, 0.6) is 0 Å². The SMILES string of the molecule is Cc1nnc(SCC(=O)N[C@H](C)CCN2CCOCC2)s1. The average Bonchev–Trinajstić information content (AvgIpc) is 2.90. The second-order valence-electron chi connectivity index (χ2n) is 5.09. The molecule has 0 bridgehead atoms. The van der Waals surface area contributed by atoms with Crippen LogP contribution in [0, 0.1) is 6.92 Å². The number of nitrogens with one attached hydrogen (secondary N) is 1. The molecule has 21 heavy (non-hydrogen) atoms. The number of aromatic nitrogens is 2. The zero-order valence-electron chi connectivity index (χ0n) is 12.5. The first-order chi connectivity index (χ1) is 10.1. The van der Waals surface area contributed by atoms with Crippen molar-refractivity contribution in [3.63, 3.8) is 0 Å². The second kappa shape index (κ2) is 8.67. The summed E-state index contributed by atoms with van der Waals surface area (Å²) in [7, 11) is 0. The molecule has 1 aromatic heterocycles. The summed E-state index contributed by atoms with van der Waals surface area (Å²) in [6, 6.07) is 0.192. The van der Waals surface area contributed by atoms with Crippen molar-refractivity contribution in [2.45, 2.75) is 30.6 Å². The van der Waals surface area contributed by atoms with E-state index in [-0.39, 0.29) is 11.9 Å². The number of amides is 1. The van der Waals surface area contributed by atoms with Gasteiger partial charge in [0.25, 0.3) is 0 Å². The maximum atomic E-state index is 11.9. The molecule has 1 aromatic rings. The van der Waals surface area contributed by atoms with Crippen LogP contribution in [0.4, 0.5) is 0 Å². The van der Waals surface area contributed by atoms with Crippen molar-refractivity contribution in [3.05, 3.63) is 5.01 Å². The summed E-state index contributed by atoms with van der Waals surface area (Å²) in [5, 5.41) is 11.9. The fraction of sp³-hybridized carbons (Fsp3) is 0.769. The molecule has 1 fully saturated rings. The van der Waals surface area contributed by atoms with Crippen LogP contribution < -0.4 is 5.32 Å². The Morgan fingerprint density at radius 1 is 1.48 bits per heavy atom. The number of hydrogen-bond donors (Lipinski definition) is 1. The molecule has 2 heterocycles. The number of ether oxygens (including phenoxy) is 1. The molecule has 1 saturated heterocycles. The third kappa shape index (κ3) is 6.29. The van der Waals surface area contributed by atoms with E-state index in [1.54, 1.807) is 0 Å². The van der Waals surface area contributed by atoms with E-state index in [1.165, 1.54) is 23.1 Å². The number of rotatable bonds is 7. The standard InChI is InChI=1S/C13H22N4O2S2/c1-10(3-4-17-5-7-19-8-6-17)14-12(18)9-20-13-16-15-11(2)21-13/h10H,3-9H2,1-2H3,(H,14,18)/t10-/m1/s1. The Balaban J connectivity index is 1.60. The average molecular weight is 330 g/mol. The summed E-state index contributed by atoms with van der Waals surface area (Å²) >= 11 is 2.96. The lowest BCUT2D eigenvalue weighted by Gasteiger charge is -2.27. The van der Waals surface area contributed by atoms with Crippen molar-refractivity contribution in [2.24, 2.45) is 0 Å². The zero-order valence-corrected chi connectivity index (χ0v) is 14.1. The first-order valence-electron chi connectivity index (χ1n) is 7.16. The van der Waals surface area contributed by atoms with Crippen LogP contribution >= 0.6 is 23.1 Å². The van der Waals surface area contributed by atoms with Crippen molar-refractivity contribution in [2.75, 3.05) is 38.6 Å². The van der Waals surface area contributed by atoms with Crippen molar-refractivity contribution in [1.82, 2.24) is 20.4 Å². The van der Waals surface area contributed by atoms with Gasteiger partial charge in [-0.3, -0.25) is 9.69 Å². The van der Waals surface area contributed by atoms with E-state index >= 15 is 0 Å². The first-order valence-corrected chi connectivity index (χ1v) is 8.96. The fourth-order valence-electron chi connectivity index (χ4n) is 2.05. The van der Waals surface area contributed by atoms with E-state index in [4.69, 9.17) is 4.74 Å². The smallest absolute Gasteiger partial charge is 0.230 e. The van der Waals surface area contributed by atoms with Gasteiger partial charge in [0.1, 0.15) is 5.01 Å². The van der Waals surface area contributed by atoms with Crippen molar-refractivity contribution in [3.8, 4) is 0 Å². The number of carbonyl (C=O) groups is 1. The van der Waals surface area contributed by atoms with Crippen LogP contribution in [-0.2, 0) is 9.53 Å². The molecule has 1 aliphatic rings. The van der Waals surface area contributed by atoms with E-state index < -0.39 is 0 Å². The monoisotopic (exact) mass is 330 g/mol. The van der Waals surface area contributed by atoms with Gasteiger partial charge in [-0.15, -0.1) is 10.2 Å². The molecule has 6 nitrogen and oxygen atoms in total. The maximum Gasteiger partial charge on any atom is 0.230 e. The van der Waals surface area contributed by atoms with Crippen molar-refractivity contribution in [1.29, 1.82) is 0 Å². The molecule has 1 aliphatic heterocycles. The minimum absolute atomic E-state index is 0.0577. The lowest BCUT2D eigenvalue weighted by molar-refractivity contribution is -0.119. The lowest BCUT2D eigenvalue weighted by Crippen LogP contribution is -2.40. The molecular formula is C13H22N4O2S2. The molecule has 0 saturated carbocycles. The molecule has 0 unspecified atom stereocenters. The summed E-state index contributed by atoms with van der Waals surface area (Å²) in [5.41, 5.74) is 0. The highest BCUT2D eigenvalue weighted by molar-refractivity contribution is 8.01. The highest BCUT2D eigenvalue weighted by Crippen LogP contribution is 2.21. The van der Waals surface area contributed by atoms with Gasteiger partial charge in [0.2, 0.25) is 5.91 Å². The van der Waals surface area contributed by atoms with E-state index in [0.29, 0.717) is 5.75 Å². The highest BCUT2D eigenvalue weighted by atomic mass is 32.2. The fourth-order valence-corrected chi connectivity index (χ4v) is 3.68. The minimum atomic E-state index is 0.0577. The molecule has 0 aliphatic carbocycles. The van der Waals surface area contributed by atoms with E-state index in [9.17, 15) is 4.79 Å². The van der Waals surface area contributed by atoms with Gasteiger partial charge >= 0.3 is 0 Å².